The highest BCUT2D eigenvalue weighted by Crippen LogP contribution is 2.01. The number of amides is 3. The van der Waals surface area contributed by atoms with Crippen LogP contribution in [0.4, 0.5) is 0 Å². The molecule has 0 aliphatic heterocycles. The Morgan fingerprint density at radius 1 is 1.29 bits per heavy atom. The van der Waals surface area contributed by atoms with Gasteiger partial charge in [0.1, 0.15) is 12.6 Å². The van der Waals surface area contributed by atoms with Gasteiger partial charge in [-0.05, 0) is 6.42 Å². The van der Waals surface area contributed by atoms with Crippen LogP contribution in [0.25, 0.3) is 0 Å². The molecule has 0 spiro atoms. The quantitative estimate of drug-likeness (QED) is 0.265. The number of nitrogens with one attached hydrogen (secondary N) is 3. The van der Waals surface area contributed by atoms with Crippen molar-refractivity contribution < 1.29 is 24.3 Å². The third-order valence-electron chi connectivity index (χ3n) is 3.06. The summed E-state index contributed by atoms with van der Waals surface area (Å²) in [6.07, 6.45) is 2.90. The van der Waals surface area contributed by atoms with Crippen molar-refractivity contribution in [2.24, 2.45) is 11.5 Å². The Kier molecular flexibility index (Phi) is 7.36. The number of aromatic amines is 1. The Labute approximate surface area is 137 Å². The molecule has 2 atom stereocenters. The molecular formula is C13H20N6O5. The van der Waals surface area contributed by atoms with Crippen LogP contribution < -0.4 is 22.1 Å². The van der Waals surface area contributed by atoms with Gasteiger partial charge in [-0.2, -0.15) is 0 Å². The van der Waals surface area contributed by atoms with E-state index in [1.54, 1.807) is 0 Å². The van der Waals surface area contributed by atoms with Crippen molar-refractivity contribution in [3.05, 3.63) is 18.2 Å². The molecule has 1 aromatic heterocycles. The Morgan fingerprint density at radius 3 is 2.54 bits per heavy atom. The summed E-state index contributed by atoms with van der Waals surface area (Å²) in [5, 5.41) is 13.1. The van der Waals surface area contributed by atoms with E-state index < -0.39 is 42.3 Å². The number of H-pyrrole nitrogens is 1. The zero-order valence-corrected chi connectivity index (χ0v) is 12.8. The van der Waals surface area contributed by atoms with Crippen molar-refractivity contribution in [2.45, 2.75) is 31.3 Å². The third kappa shape index (κ3) is 6.87. The van der Waals surface area contributed by atoms with Crippen LogP contribution in [-0.2, 0) is 25.6 Å². The molecule has 0 fully saturated rings. The molecule has 0 bridgehead atoms. The van der Waals surface area contributed by atoms with Crippen LogP contribution in [0, 0.1) is 0 Å². The highest BCUT2D eigenvalue weighted by molar-refractivity contribution is 5.91. The summed E-state index contributed by atoms with van der Waals surface area (Å²) in [4.78, 5) is 52.0. The lowest BCUT2D eigenvalue weighted by Gasteiger charge is -2.19. The van der Waals surface area contributed by atoms with Crippen LogP contribution in [0.1, 0.15) is 18.5 Å². The first-order chi connectivity index (χ1) is 11.3. The van der Waals surface area contributed by atoms with E-state index in [4.69, 9.17) is 16.6 Å². The number of carbonyl (C=O) groups excluding carboxylic acids is 3. The topological polar surface area (TPSA) is 193 Å². The van der Waals surface area contributed by atoms with E-state index in [9.17, 15) is 19.2 Å². The molecule has 132 valence electrons. The summed E-state index contributed by atoms with van der Waals surface area (Å²) in [7, 11) is 0. The molecule has 1 heterocycles. The first-order valence-corrected chi connectivity index (χ1v) is 7.10. The fourth-order valence-electron chi connectivity index (χ4n) is 1.85. The lowest BCUT2D eigenvalue weighted by atomic mass is 10.1. The van der Waals surface area contributed by atoms with Gasteiger partial charge >= 0.3 is 5.97 Å². The second-order valence-corrected chi connectivity index (χ2v) is 5.07. The molecule has 0 radical (unpaired) electrons. The smallest absolute Gasteiger partial charge is 0.322 e. The van der Waals surface area contributed by atoms with Gasteiger partial charge in [0.05, 0.1) is 12.4 Å². The summed E-state index contributed by atoms with van der Waals surface area (Å²) in [6.45, 7) is -0.609. The van der Waals surface area contributed by atoms with Crippen molar-refractivity contribution in [1.82, 2.24) is 20.6 Å². The SMILES string of the molecule is NC(=O)CC[C@H](NC(=O)[C@@H](N)Cc1cnc[nH]1)C(=O)NCC(=O)O. The fraction of sp³-hybridized carbons (Fsp3) is 0.462. The minimum atomic E-state index is -1.24. The van der Waals surface area contributed by atoms with Gasteiger partial charge in [-0.25, -0.2) is 4.98 Å². The largest absolute Gasteiger partial charge is 0.480 e. The van der Waals surface area contributed by atoms with E-state index in [1.807, 2.05) is 0 Å². The Morgan fingerprint density at radius 2 is 2.00 bits per heavy atom. The number of rotatable bonds is 10. The van der Waals surface area contributed by atoms with Crippen LogP contribution in [0.15, 0.2) is 12.5 Å². The highest BCUT2D eigenvalue weighted by Gasteiger charge is 2.24. The normalized spacial score (nSPS) is 12.9. The minimum absolute atomic E-state index is 0.0662. The summed E-state index contributed by atoms with van der Waals surface area (Å²) in [6, 6.07) is -2.06. The molecule has 3 amide bonds. The number of carboxylic acid groups (broad SMARTS) is 1. The molecule has 1 rings (SSSR count). The zero-order valence-electron chi connectivity index (χ0n) is 12.8. The van der Waals surface area contributed by atoms with Gasteiger partial charge in [0, 0.05) is 24.7 Å². The molecule has 0 aromatic carbocycles. The molecule has 0 aliphatic rings. The van der Waals surface area contributed by atoms with E-state index in [2.05, 4.69) is 20.6 Å². The zero-order chi connectivity index (χ0) is 18.1. The van der Waals surface area contributed by atoms with Crippen molar-refractivity contribution in [3.63, 3.8) is 0 Å². The van der Waals surface area contributed by atoms with E-state index in [-0.39, 0.29) is 19.3 Å². The molecule has 11 nitrogen and oxygen atoms in total. The fourth-order valence-corrected chi connectivity index (χ4v) is 1.85. The summed E-state index contributed by atoms with van der Waals surface area (Å²) < 4.78 is 0. The molecule has 8 N–H and O–H groups in total. The molecule has 0 unspecified atom stereocenters. The second-order valence-electron chi connectivity index (χ2n) is 5.07. The van der Waals surface area contributed by atoms with E-state index in [0.29, 0.717) is 5.69 Å². The van der Waals surface area contributed by atoms with Crippen molar-refractivity contribution in [3.8, 4) is 0 Å². The maximum Gasteiger partial charge on any atom is 0.322 e. The molecule has 24 heavy (non-hydrogen) atoms. The first kappa shape index (κ1) is 19.1. The minimum Gasteiger partial charge on any atom is -0.480 e. The number of carbonyl (C=O) groups is 4. The van der Waals surface area contributed by atoms with Gasteiger partial charge in [0.15, 0.2) is 0 Å². The van der Waals surface area contributed by atoms with Crippen LogP contribution in [0.2, 0.25) is 0 Å². The van der Waals surface area contributed by atoms with Gasteiger partial charge < -0.3 is 32.2 Å². The number of imidazole rings is 1. The van der Waals surface area contributed by atoms with Crippen LogP contribution in [0.5, 0.6) is 0 Å². The Balaban J connectivity index is 2.63. The van der Waals surface area contributed by atoms with E-state index >= 15 is 0 Å². The van der Waals surface area contributed by atoms with Crippen molar-refractivity contribution >= 4 is 23.7 Å². The number of hydrogen-bond donors (Lipinski definition) is 6. The van der Waals surface area contributed by atoms with Crippen molar-refractivity contribution in [2.75, 3.05) is 6.54 Å². The number of nitrogens with two attached hydrogens (primary N) is 2. The first-order valence-electron chi connectivity index (χ1n) is 7.10. The van der Waals surface area contributed by atoms with Gasteiger partial charge in [0.2, 0.25) is 17.7 Å². The maximum absolute atomic E-state index is 12.1. The second kappa shape index (κ2) is 9.25. The Hall–Kier alpha value is -2.95. The Bertz CT molecular complexity index is 588. The van der Waals surface area contributed by atoms with Crippen LogP contribution in [0.3, 0.4) is 0 Å². The lowest BCUT2D eigenvalue weighted by Crippen LogP contribution is -2.52. The molecular weight excluding hydrogens is 320 g/mol. The predicted molar refractivity (Wildman–Crippen MR) is 81.3 cm³/mol. The number of aliphatic carboxylic acids is 1. The van der Waals surface area contributed by atoms with E-state index in [0.717, 1.165) is 0 Å². The molecule has 11 heteroatoms. The number of primary amides is 1. The van der Waals surface area contributed by atoms with Crippen molar-refractivity contribution in [1.29, 1.82) is 0 Å². The number of carboxylic acids is 1. The average Bonchev–Trinajstić information content (AvgIpc) is 3.01. The van der Waals surface area contributed by atoms with Crippen LogP contribution in [-0.4, -0.2) is 57.4 Å². The average molecular weight is 340 g/mol. The highest BCUT2D eigenvalue weighted by atomic mass is 16.4. The van der Waals surface area contributed by atoms with Crippen LogP contribution >= 0.6 is 0 Å². The predicted octanol–water partition coefficient (Wildman–Crippen LogP) is -2.77. The molecule has 0 aliphatic carbocycles. The maximum atomic E-state index is 12.1. The van der Waals surface area contributed by atoms with E-state index in [1.165, 1.54) is 12.5 Å². The number of aromatic nitrogens is 2. The summed E-state index contributed by atoms with van der Waals surface area (Å²) in [5.41, 5.74) is 11.4. The summed E-state index contributed by atoms with van der Waals surface area (Å²) in [5.74, 6) is -3.24. The molecule has 0 saturated carbocycles. The standard InChI is InChI=1S/C13H20N6O5/c14-8(3-7-4-16-6-18-7)12(23)19-9(1-2-10(15)20)13(24)17-5-11(21)22/h4,6,8-9H,1-3,5,14H2,(H2,15,20)(H,16,18)(H,17,24)(H,19,23)(H,21,22)/t8-,9-/m0/s1. The molecule has 1 aromatic rings. The van der Waals surface area contributed by atoms with Gasteiger partial charge in [-0.1, -0.05) is 0 Å². The third-order valence-corrected chi connectivity index (χ3v) is 3.06. The molecule has 0 saturated heterocycles. The monoisotopic (exact) mass is 340 g/mol. The van der Waals surface area contributed by atoms with Gasteiger partial charge in [-0.15, -0.1) is 0 Å². The van der Waals surface area contributed by atoms with Gasteiger partial charge in [0.25, 0.3) is 0 Å². The number of hydrogen-bond acceptors (Lipinski definition) is 6. The number of nitrogens with zero attached hydrogens (tertiary/aromatic N) is 1. The lowest BCUT2D eigenvalue weighted by molar-refractivity contribution is -0.138. The van der Waals surface area contributed by atoms with Gasteiger partial charge in [-0.3, -0.25) is 19.2 Å². The summed E-state index contributed by atoms with van der Waals surface area (Å²) >= 11 is 0.